The zero-order valence-electron chi connectivity index (χ0n) is 27.2. The zero-order valence-corrected chi connectivity index (χ0v) is 27.2. The lowest BCUT2D eigenvalue weighted by Crippen LogP contribution is -2.25. The number of aromatic hydroxyl groups is 1. The van der Waals surface area contributed by atoms with E-state index in [2.05, 4.69) is 45.1 Å². The highest BCUT2D eigenvalue weighted by atomic mass is 16.4. The minimum atomic E-state index is -0.590. The van der Waals surface area contributed by atoms with Gasteiger partial charge in [-0.15, -0.1) is 0 Å². The van der Waals surface area contributed by atoms with Gasteiger partial charge in [-0.3, -0.25) is 9.59 Å². The second kappa shape index (κ2) is 12.3. The average molecular weight is 615 g/mol. The largest absolute Gasteiger partial charge is 0.508 e. The second-order valence-electron chi connectivity index (χ2n) is 13.7. The maximum absolute atomic E-state index is 12.1. The summed E-state index contributed by atoms with van der Waals surface area (Å²) in [6.07, 6.45) is 4.32. The van der Waals surface area contributed by atoms with Gasteiger partial charge in [0.25, 0.3) is 0 Å². The molecule has 0 saturated carbocycles. The Bertz CT molecular complexity index is 2200. The van der Waals surface area contributed by atoms with Crippen molar-refractivity contribution in [3.63, 3.8) is 0 Å². The molecule has 1 N–H and O–H groups in total. The van der Waals surface area contributed by atoms with E-state index in [0.717, 1.165) is 38.6 Å². The summed E-state index contributed by atoms with van der Waals surface area (Å²) in [7, 11) is 0. The Labute approximate surface area is 268 Å². The number of phenolic OH excluding ortho intramolecular Hbond substituents is 1. The van der Waals surface area contributed by atoms with Crippen LogP contribution in [-0.2, 0) is 0 Å². The van der Waals surface area contributed by atoms with Crippen molar-refractivity contribution in [2.24, 2.45) is 10.8 Å². The Morgan fingerprint density at radius 1 is 0.761 bits per heavy atom. The Morgan fingerprint density at radius 2 is 1.50 bits per heavy atom. The smallest absolute Gasteiger partial charge is 0.347 e. The van der Waals surface area contributed by atoms with Crippen LogP contribution in [0.15, 0.2) is 109 Å². The van der Waals surface area contributed by atoms with Crippen LogP contribution in [0, 0.1) is 17.8 Å². The summed E-state index contributed by atoms with van der Waals surface area (Å²) in [5.74, 6) is 0.440. The van der Waals surface area contributed by atoms with Crippen molar-refractivity contribution in [1.82, 2.24) is 0 Å². The van der Waals surface area contributed by atoms with E-state index < -0.39 is 11.0 Å². The van der Waals surface area contributed by atoms with Crippen molar-refractivity contribution < 1.29 is 18.7 Å². The quantitative estimate of drug-likeness (QED) is 0.121. The highest BCUT2D eigenvalue weighted by Crippen LogP contribution is 2.42. The average Bonchev–Trinajstić information content (AvgIpc) is 2.97. The van der Waals surface area contributed by atoms with Gasteiger partial charge in [0, 0.05) is 39.4 Å². The molecule has 2 aliphatic rings. The number of allylic oxidation sites excluding steroid dienone is 1. The van der Waals surface area contributed by atoms with Crippen LogP contribution < -0.4 is 11.1 Å². The molecule has 234 valence electrons. The van der Waals surface area contributed by atoms with Gasteiger partial charge in [0.15, 0.2) is 11.2 Å². The van der Waals surface area contributed by atoms with Crippen LogP contribution in [0.5, 0.6) is 5.75 Å². The molecule has 1 aliphatic carbocycles. The van der Waals surface area contributed by atoms with Crippen LogP contribution in [0.4, 0.5) is 0 Å². The molecule has 1 aromatic heterocycles. The molecular weight excluding hydrogens is 576 g/mol. The third-order valence-corrected chi connectivity index (χ3v) is 7.49. The van der Waals surface area contributed by atoms with Crippen LogP contribution in [0.2, 0.25) is 0 Å². The number of rotatable bonds is 3. The number of benzene rings is 4. The minimum Gasteiger partial charge on any atom is -0.508 e. The fraction of sp³-hybridized carbons (Fsp3) is 0.225. The fourth-order valence-corrected chi connectivity index (χ4v) is 5.14. The summed E-state index contributed by atoms with van der Waals surface area (Å²) >= 11 is 0. The maximum atomic E-state index is 12.1. The molecule has 0 radical (unpaired) electrons. The van der Waals surface area contributed by atoms with Crippen molar-refractivity contribution in [3.05, 3.63) is 128 Å². The van der Waals surface area contributed by atoms with E-state index in [1.807, 2.05) is 43.3 Å². The second-order valence-corrected chi connectivity index (χ2v) is 13.7. The SMILES string of the molecule is CC(C)(C)C=Cc1ccccc1-c1c2ccc(=O)cc-2oc2cc(O)ccc12.Cc1ccc2cc(C(=O)C(C)(C)C)c(=O)oc2c1. The van der Waals surface area contributed by atoms with Crippen LogP contribution in [0.25, 0.3) is 50.5 Å². The van der Waals surface area contributed by atoms with Crippen molar-refractivity contribution in [3.8, 4) is 28.2 Å². The number of carbonyl (C=O) groups is 1. The molecule has 6 rings (SSSR count). The Hall–Kier alpha value is -5.23. The predicted octanol–water partition coefficient (Wildman–Crippen LogP) is 9.66. The Balaban J connectivity index is 0.000000200. The van der Waals surface area contributed by atoms with E-state index in [1.165, 1.54) is 6.07 Å². The molecule has 1 aliphatic heterocycles. The zero-order chi connectivity index (χ0) is 33.4. The van der Waals surface area contributed by atoms with E-state index in [9.17, 15) is 19.5 Å². The van der Waals surface area contributed by atoms with E-state index in [4.69, 9.17) is 8.83 Å². The molecule has 0 bridgehead atoms. The third-order valence-electron chi connectivity index (χ3n) is 7.49. The van der Waals surface area contributed by atoms with Crippen LogP contribution >= 0.6 is 0 Å². The molecule has 4 aromatic rings. The summed E-state index contributed by atoms with van der Waals surface area (Å²) < 4.78 is 11.2. The monoisotopic (exact) mass is 614 g/mol. The van der Waals surface area contributed by atoms with Gasteiger partial charge in [-0.05, 0) is 65.4 Å². The number of hydrogen-bond acceptors (Lipinski definition) is 6. The summed E-state index contributed by atoms with van der Waals surface area (Å²) in [5, 5.41) is 11.6. The minimum absolute atomic E-state index is 0.0620. The van der Waals surface area contributed by atoms with Gasteiger partial charge in [0.2, 0.25) is 0 Å². The molecule has 0 spiro atoms. The molecular formula is C40H38O6. The Kier molecular flexibility index (Phi) is 8.59. The lowest BCUT2D eigenvalue weighted by atomic mass is 9.87. The normalized spacial score (nSPS) is 12.1. The molecule has 3 aromatic carbocycles. The fourth-order valence-electron chi connectivity index (χ4n) is 5.14. The van der Waals surface area contributed by atoms with Gasteiger partial charge in [0.05, 0.1) is 0 Å². The lowest BCUT2D eigenvalue weighted by molar-refractivity contribution is 0.0854. The molecule has 6 nitrogen and oxygen atoms in total. The molecule has 2 heterocycles. The summed E-state index contributed by atoms with van der Waals surface area (Å²) in [5.41, 5.74) is 5.01. The van der Waals surface area contributed by atoms with Gasteiger partial charge in [0.1, 0.15) is 28.2 Å². The molecule has 0 unspecified atom stereocenters. The van der Waals surface area contributed by atoms with Crippen molar-refractivity contribution in [2.75, 3.05) is 0 Å². The predicted molar refractivity (Wildman–Crippen MR) is 186 cm³/mol. The Morgan fingerprint density at radius 3 is 2.22 bits per heavy atom. The van der Waals surface area contributed by atoms with Gasteiger partial charge in [-0.1, -0.05) is 90.1 Å². The van der Waals surface area contributed by atoms with Crippen molar-refractivity contribution in [2.45, 2.75) is 48.5 Å². The number of ketones is 1. The number of fused-ring (bicyclic) bond motifs is 3. The van der Waals surface area contributed by atoms with Crippen molar-refractivity contribution >= 4 is 33.8 Å². The van der Waals surface area contributed by atoms with Crippen LogP contribution in [0.1, 0.15) is 63.0 Å². The van der Waals surface area contributed by atoms with Gasteiger partial charge >= 0.3 is 5.63 Å². The van der Waals surface area contributed by atoms with E-state index >= 15 is 0 Å². The number of aryl methyl sites for hydroxylation is 1. The first-order valence-electron chi connectivity index (χ1n) is 15.2. The molecule has 0 amide bonds. The van der Waals surface area contributed by atoms with Gasteiger partial charge < -0.3 is 13.9 Å². The maximum Gasteiger partial charge on any atom is 0.347 e. The molecule has 0 atom stereocenters. The highest BCUT2D eigenvalue weighted by molar-refractivity contribution is 6.04. The van der Waals surface area contributed by atoms with E-state index in [0.29, 0.717) is 16.9 Å². The summed E-state index contributed by atoms with van der Waals surface area (Å²) in [4.78, 5) is 35.9. The van der Waals surface area contributed by atoms with Gasteiger partial charge in [-0.2, -0.15) is 0 Å². The number of carbonyl (C=O) groups excluding carboxylic acids is 1. The van der Waals surface area contributed by atoms with Gasteiger partial charge in [-0.25, -0.2) is 4.79 Å². The highest BCUT2D eigenvalue weighted by Gasteiger charge is 2.26. The first-order chi connectivity index (χ1) is 21.6. The third kappa shape index (κ3) is 7.02. The molecule has 6 heteroatoms. The topological polar surface area (TPSA) is 97.7 Å². The van der Waals surface area contributed by atoms with Crippen LogP contribution in [0.3, 0.4) is 0 Å². The van der Waals surface area contributed by atoms with Crippen molar-refractivity contribution in [1.29, 1.82) is 0 Å². The van der Waals surface area contributed by atoms with Crippen LogP contribution in [-0.4, -0.2) is 10.9 Å². The number of hydrogen-bond donors (Lipinski definition) is 1. The summed E-state index contributed by atoms with van der Waals surface area (Å²) in [6, 6.07) is 25.3. The first-order valence-corrected chi connectivity index (χ1v) is 15.2. The first kappa shape index (κ1) is 32.2. The number of Topliss-reactive ketones (excluding diaryl/α,β-unsaturated/α-hetero) is 1. The molecule has 0 fully saturated rings. The lowest BCUT2D eigenvalue weighted by Gasteiger charge is -2.17. The standard InChI is InChI=1S/C25H22O3.C15H16O3/c1-25(2,3)13-12-16-6-4-5-7-19(16)24-20-10-8-17(26)14-22(20)28-23-15-18(27)9-11-21(23)24;1-9-5-6-10-8-11(13(16)15(2,3)4)14(17)18-12(10)7-9/h4-15,26H,1-3H3;5-8H,1-4H3. The molecule has 46 heavy (non-hydrogen) atoms. The number of phenols is 1. The van der Waals surface area contributed by atoms with E-state index in [-0.39, 0.29) is 27.9 Å². The van der Waals surface area contributed by atoms with E-state index in [1.54, 1.807) is 51.1 Å². The summed E-state index contributed by atoms with van der Waals surface area (Å²) in [6.45, 7) is 13.8. The molecule has 0 saturated heterocycles.